The third kappa shape index (κ3) is 6.22. The van der Waals surface area contributed by atoms with Gasteiger partial charge in [-0.15, -0.1) is 0 Å². The van der Waals surface area contributed by atoms with Crippen LogP contribution in [-0.2, 0) is 24.2 Å². The highest BCUT2D eigenvalue weighted by molar-refractivity contribution is 7.91. The van der Waals surface area contributed by atoms with Crippen molar-refractivity contribution >= 4 is 50.6 Å². The largest absolute Gasteiger partial charge is 0.456 e. The minimum atomic E-state index is -3.82. The van der Waals surface area contributed by atoms with Crippen LogP contribution in [0.2, 0.25) is 10.0 Å². The number of halogens is 2. The smallest absolute Gasteiger partial charge is 0.307 e. The van der Waals surface area contributed by atoms with Crippen molar-refractivity contribution in [3.8, 4) is 0 Å². The van der Waals surface area contributed by atoms with Crippen LogP contribution in [0, 0.1) is 13.8 Å². The molecule has 28 heavy (non-hydrogen) atoms. The Hall–Kier alpha value is -2.09. The van der Waals surface area contributed by atoms with E-state index in [1.54, 1.807) is 6.07 Å². The molecular weight excluding hydrogens is 425 g/mol. The second kappa shape index (κ2) is 9.41. The second-order valence-electron chi connectivity index (χ2n) is 6.17. The molecule has 2 aromatic carbocycles. The Morgan fingerprint density at radius 3 is 2.50 bits per heavy atom. The van der Waals surface area contributed by atoms with E-state index in [9.17, 15) is 18.0 Å². The average Bonchev–Trinajstić information content (AvgIpc) is 2.63. The van der Waals surface area contributed by atoms with Gasteiger partial charge in [0.15, 0.2) is 16.4 Å². The summed E-state index contributed by atoms with van der Waals surface area (Å²) < 4.78 is 29.5. The maximum Gasteiger partial charge on any atom is 0.307 e. The van der Waals surface area contributed by atoms with Gasteiger partial charge in [0.05, 0.1) is 22.1 Å². The number of nitrogens with one attached hydrogen (secondary N) is 1. The van der Waals surface area contributed by atoms with Crippen LogP contribution in [0.25, 0.3) is 0 Å². The topological polar surface area (TPSA) is 89.5 Å². The lowest BCUT2D eigenvalue weighted by Crippen LogP contribution is -2.22. The minimum Gasteiger partial charge on any atom is -0.456 e. The Morgan fingerprint density at radius 2 is 1.79 bits per heavy atom. The van der Waals surface area contributed by atoms with Gasteiger partial charge in [0.2, 0.25) is 0 Å². The molecule has 0 spiro atoms. The lowest BCUT2D eigenvalue weighted by molar-refractivity contribution is -0.146. The van der Waals surface area contributed by atoms with Gasteiger partial charge in [0.1, 0.15) is 0 Å². The Balaban J connectivity index is 1.87. The quantitative estimate of drug-likeness (QED) is 0.654. The van der Waals surface area contributed by atoms with Crippen LogP contribution in [-0.4, -0.2) is 32.7 Å². The van der Waals surface area contributed by atoms with E-state index in [1.807, 2.05) is 26.0 Å². The first-order chi connectivity index (χ1) is 13.1. The van der Waals surface area contributed by atoms with Gasteiger partial charge >= 0.3 is 5.97 Å². The van der Waals surface area contributed by atoms with Crippen molar-refractivity contribution in [2.75, 3.05) is 17.7 Å². The molecular formula is C19H19Cl2NO5S. The number of carbonyl (C=O) groups is 2. The van der Waals surface area contributed by atoms with Crippen molar-refractivity contribution in [3.63, 3.8) is 0 Å². The molecule has 6 nitrogen and oxygen atoms in total. The number of esters is 1. The van der Waals surface area contributed by atoms with Crippen LogP contribution < -0.4 is 5.32 Å². The highest BCUT2D eigenvalue weighted by Crippen LogP contribution is 2.26. The molecule has 0 aromatic heterocycles. The van der Waals surface area contributed by atoms with E-state index in [1.165, 1.54) is 18.2 Å². The third-order valence-corrected chi connectivity index (χ3v) is 6.26. The lowest BCUT2D eigenvalue weighted by Gasteiger charge is -2.10. The molecule has 9 heteroatoms. The van der Waals surface area contributed by atoms with E-state index in [4.69, 9.17) is 27.9 Å². The van der Waals surface area contributed by atoms with Crippen molar-refractivity contribution < 1.29 is 22.7 Å². The van der Waals surface area contributed by atoms with Crippen molar-refractivity contribution in [2.45, 2.75) is 25.2 Å². The molecule has 0 aliphatic heterocycles. The molecule has 0 saturated carbocycles. The number of amides is 1. The van der Waals surface area contributed by atoms with Gasteiger partial charge in [-0.25, -0.2) is 8.42 Å². The number of hydrogen-bond acceptors (Lipinski definition) is 5. The number of rotatable bonds is 7. The van der Waals surface area contributed by atoms with Gasteiger partial charge in [-0.2, -0.15) is 0 Å². The number of ether oxygens (including phenoxy) is 1. The number of hydrogen-bond donors (Lipinski definition) is 1. The van der Waals surface area contributed by atoms with Gasteiger partial charge in [0.25, 0.3) is 5.91 Å². The fourth-order valence-corrected chi connectivity index (χ4v) is 4.35. The van der Waals surface area contributed by atoms with Crippen LogP contribution >= 0.6 is 23.2 Å². The van der Waals surface area contributed by atoms with E-state index in [2.05, 4.69) is 5.32 Å². The summed E-state index contributed by atoms with van der Waals surface area (Å²) in [4.78, 5) is 23.6. The van der Waals surface area contributed by atoms with Crippen LogP contribution in [0.15, 0.2) is 41.3 Å². The highest BCUT2D eigenvalue weighted by Gasteiger charge is 2.21. The molecule has 2 rings (SSSR count). The molecule has 150 valence electrons. The normalized spacial score (nSPS) is 11.1. The minimum absolute atomic E-state index is 0.0191. The van der Waals surface area contributed by atoms with E-state index >= 15 is 0 Å². The van der Waals surface area contributed by atoms with Crippen LogP contribution in [0.3, 0.4) is 0 Å². The maximum atomic E-state index is 12.3. The molecule has 1 amide bonds. The molecule has 1 N–H and O–H groups in total. The van der Waals surface area contributed by atoms with Gasteiger partial charge in [-0.05, 0) is 49.2 Å². The molecule has 0 unspecified atom stereocenters. The van der Waals surface area contributed by atoms with Gasteiger partial charge in [-0.1, -0.05) is 35.3 Å². The Labute approximate surface area is 173 Å². The summed E-state index contributed by atoms with van der Waals surface area (Å²) in [5, 5.41) is 2.89. The van der Waals surface area contributed by atoms with E-state index in [0.717, 1.165) is 11.1 Å². The number of anilines is 1. The third-order valence-electron chi connectivity index (χ3n) is 3.83. The second-order valence-corrected chi connectivity index (χ2v) is 9.09. The van der Waals surface area contributed by atoms with E-state index in [0.29, 0.717) is 5.69 Å². The summed E-state index contributed by atoms with van der Waals surface area (Å²) in [6, 6.07) is 9.64. The van der Waals surface area contributed by atoms with Crippen molar-refractivity contribution in [2.24, 2.45) is 0 Å². The SMILES string of the molecule is Cc1ccc(C)c(NC(=O)COC(=O)CCS(=O)(=O)c2cc(Cl)ccc2Cl)c1. The van der Waals surface area contributed by atoms with Crippen molar-refractivity contribution in [1.82, 2.24) is 0 Å². The lowest BCUT2D eigenvalue weighted by atomic mass is 10.1. The first-order valence-electron chi connectivity index (χ1n) is 8.29. The number of sulfone groups is 1. The zero-order valence-electron chi connectivity index (χ0n) is 15.3. The molecule has 0 fully saturated rings. The summed E-state index contributed by atoms with van der Waals surface area (Å²) in [7, 11) is -3.82. The van der Waals surface area contributed by atoms with Crippen LogP contribution in [0.5, 0.6) is 0 Å². The summed E-state index contributed by atoms with van der Waals surface area (Å²) >= 11 is 11.7. The van der Waals surface area contributed by atoms with Gasteiger partial charge in [-0.3, -0.25) is 9.59 Å². The molecule has 0 heterocycles. The molecule has 2 aromatic rings. The van der Waals surface area contributed by atoms with Crippen molar-refractivity contribution in [3.05, 3.63) is 57.6 Å². The van der Waals surface area contributed by atoms with Gasteiger partial charge < -0.3 is 10.1 Å². The van der Waals surface area contributed by atoms with Crippen LogP contribution in [0.4, 0.5) is 5.69 Å². The maximum absolute atomic E-state index is 12.3. The monoisotopic (exact) mass is 443 g/mol. The first kappa shape index (κ1) is 22.2. The number of aryl methyl sites for hydroxylation is 2. The Morgan fingerprint density at radius 1 is 1.07 bits per heavy atom. The predicted octanol–water partition coefficient (Wildman–Crippen LogP) is 3.96. The fourth-order valence-electron chi connectivity index (χ4n) is 2.32. The molecule has 0 aliphatic carbocycles. The number of carbonyl (C=O) groups excluding carboxylic acids is 2. The fraction of sp³-hybridized carbons (Fsp3) is 0.263. The number of benzene rings is 2. The molecule has 0 radical (unpaired) electrons. The zero-order chi connectivity index (χ0) is 20.9. The highest BCUT2D eigenvalue weighted by atomic mass is 35.5. The van der Waals surface area contributed by atoms with E-state index < -0.39 is 40.5 Å². The summed E-state index contributed by atoms with van der Waals surface area (Å²) in [5.41, 5.74) is 2.47. The van der Waals surface area contributed by atoms with Gasteiger partial charge in [0, 0.05) is 10.7 Å². The summed E-state index contributed by atoms with van der Waals surface area (Å²) in [6.45, 7) is 3.22. The average molecular weight is 444 g/mol. The molecule has 0 saturated heterocycles. The Kier molecular flexibility index (Phi) is 7.46. The zero-order valence-corrected chi connectivity index (χ0v) is 17.6. The summed E-state index contributed by atoms with van der Waals surface area (Å²) in [5.74, 6) is -1.83. The van der Waals surface area contributed by atoms with Crippen LogP contribution in [0.1, 0.15) is 17.5 Å². The molecule has 0 aliphatic rings. The van der Waals surface area contributed by atoms with E-state index in [-0.39, 0.29) is 14.9 Å². The summed E-state index contributed by atoms with van der Waals surface area (Å²) in [6.07, 6.45) is -0.415. The Bertz CT molecular complexity index is 1010. The standard InChI is InChI=1S/C19H19Cl2NO5S/c1-12-3-4-13(2)16(9-12)22-18(23)11-27-19(24)7-8-28(25,26)17-10-14(20)5-6-15(17)21/h3-6,9-10H,7-8,11H2,1-2H3,(H,22,23). The predicted molar refractivity (Wildman–Crippen MR) is 109 cm³/mol. The molecule has 0 bridgehead atoms. The first-order valence-corrected chi connectivity index (χ1v) is 10.7. The molecule has 0 atom stereocenters. The van der Waals surface area contributed by atoms with Crippen molar-refractivity contribution in [1.29, 1.82) is 0 Å².